The first-order chi connectivity index (χ1) is 37.7. The highest BCUT2D eigenvalue weighted by Crippen LogP contribution is 2.20. The molecule has 0 aliphatic heterocycles. The highest BCUT2D eigenvalue weighted by Gasteiger charge is 2.20. The molecule has 0 aromatic rings. The molecular weight excluding hydrogens is 949 g/mol. The molecule has 77 heavy (non-hydrogen) atoms. The van der Waals surface area contributed by atoms with Gasteiger partial charge in [-0.25, -0.2) is 0 Å². The van der Waals surface area contributed by atoms with E-state index in [1.807, 2.05) is 0 Å². The quantitative estimate of drug-likeness (QED) is 0.0343. The second kappa shape index (κ2) is 63.6. The van der Waals surface area contributed by atoms with E-state index in [1.165, 1.54) is 295 Å². The summed E-state index contributed by atoms with van der Waals surface area (Å²) in [5.41, 5.74) is 0. The molecule has 0 amide bonds. The number of hydrogen-bond acceptors (Lipinski definition) is 6. The third-order valence-corrected chi connectivity index (χ3v) is 16.5. The van der Waals surface area contributed by atoms with Crippen LogP contribution in [0.3, 0.4) is 0 Å². The van der Waals surface area contributed by atoms with Crippen molar-refractivity contribution < 1.29 is 28.6 Å². The molecule has 0 saturated heterocycles. The van der Waals surface area contributed by atoms with Gasteiger partial charge in [0.1, 0.15) is 13.2 Å². The standard InChI is InChI=1S/C71H138O6/c1-6-7-8-9-10-11-12-13-14-15-16-20-26-31-36-41-46-51-56-61-69(72)75-64-68(65-76-70(73)62-57-52-47-42-37-32-27-23-22-25-30-35-40-45-50-55-60-67(4)5)77-71(74)63-58-53-48-43-38-33-28-21-18-17-19-24-29-34-39-44-49-54-59-66(2)3/h66-68H,6-65H2,1-5H3/t68-/m1/s1. The Kier molecular flexibility index (Phi) is 62.3. The zero-order valence-corrected chi connectivity index (χ0v) is 53.1. The van der Waals surface area contributed by atoms with E-state index in [9.17, 15) is 14.4 Å². The molecule has 458 valence electrons. The maximum atomic E-state index is 13.0. The number of hydrogen-bond donors (Lipinski definition) is 0. The minimum Gasteiger partial charge on any atom is -0.462 e. The van der Waals surface area contributed by atoms with Gasteiger partial charge in [-0.05, 0) is 31.1 Å². The lowest BCUT2D eigenvalue weighted by Gasteiger charge is -2.18. The third kappa shape index (κ3) is 65.1. The maximum absolute atomic E-state index is 13.0. The molecule has 0 N–H and O–H groups in total. The topological polar surface area (TPSA) is 78.9 Å². The van der Waals surface area contributed by atoms with Gasteiger partial charge < -0.3 is 14.2 Å². The molecule has 0 fully saturated rings. The lowest BCUT2D eigenvalue weighted by molar-refractivity contribution is -0.167. The van der Waals surface area contributed by atoms with Crippen molar-refractivity contribution in [2.75, 3.05) is 13.2 Å². The summed E-state index contributed by atoms with van der Waals surface area (Å²) in [5, 5.41) is 0. The molecule has 6 nitrogen and oxygen atoms in total. The smallest absolute Gasteiger partial charge is 0.306 e. The van der Waals surface area contributed by atoms with E-state index in [0.717, 1.165) is 69.6 Å². The van der Waals surface area contributed by atoms with Gasteiger partial charge in [0.15, 0.2) is 6.10 Å². The van der Waals surface area contributed by atoms with E-state index in [1.54, 1.807) is 0 Å². The lowest BCUT2D eigenvalue weighted by atomic mass is 10.0. The Labute approximate surface area is 482 Å². The molecule has 0 heterocycles. The van der Waals surface area contributed by atoms with Crippen LogP contribution in [-0.4, -0.2) is 37.2 Å². The van der Waals surface area contributed by atoms with Crippen molar-refractivity contribution in [1.29, 1.82) is 0 Å². The lowest BCUT2D eigenvalue weighted by Crippen LogP contribution is -2.30. The van der Waals surface area contributed by atoms with Gasteiger partial charge in [0, 0.05) is 19.3 Å². The van der Waals surface area contributed by atoms with Crippen molar-refractivity contribution in [3.05, 3.63) is 0 Å². The highest BCUT2D eigenvalue weighted by molar-refractivity contribution is 5.71. The third-order valence-electron chi connectivity index (χ3n) is 16.5. The molecule has 1 atom stereocenters. The van der Waals surface area contributed by atoms with E-state index in [-0.39, 0.29) is 31.1 Å². The number of carbonyl (C=O) groups is 3. The van der Waals surface area contributed by atoms with Crippen LogP contribution in [-0.2, 0) is 28.6 Å². The van der Waals surface area contributed by atoms with Crippen molar-refractivity contribution in [3.8, 4) is 0 Å². The van der Waals surface area contributed by atoms with Gasteiger partial charge in [-0.15, -0.1) is 0 Å². The predicted octanol–water partition coefficient (Wildman–Crippen LogP) is 23.9. The molecule has 0 spiro atoms. The summed E-state index contributed by atoms with van der Waals surface area (Å²) in [7, 11) is 0. The van der Waals surface area contributed by atoms with Crippen molar-refractivity contribution in [1.82, 2.24) is 0 Å². The van der Waals surface area contributed by atoms with E-state index >= 15 is 0 Å². The summed E-state index contributed by atoms with van der Waals surface area (Å²) in [6.45, 7) is 11.5. The molecule has 0 aromatic heterocycles. The summed E-state index contributed by atoms with van der Waals surface area (Å²) in [6, 6.07) is 0. The fraction of sp³-hybridized carbons (Fsp3) is 0.958. The maximum Gasteiger partial charge on any atom is 0.306 e. The molecule has 0 saturated carbocycles. The first-order valence-corrected chi connectivity index (χ1v) is 35.2. The van der Waals surface area contributed by atoms with Crippen molar-refractivity contribution in [2.24, 2.45) is 11.8 Å². The van der Waals surface area contributed by atoms with Crippen LogP contribution in [0.25, 0.3) is 0 Å². The average Bonchev–Trinajstić information content (AvgIpc) is 3.41. The fourth-order valence-corrected chi connectivity index (χ4v) is 11.2. The van der Waals surface area contributed by atoms with Crippen LogP contribution in [0.2, 0.25) is 0 Å². The summed E-state index contributed by atoms with van der Waals surface area (Å²) in [4.78, 5) is 38.5. The van der Waals surface area contributed by atoms with Gasteiger partial charge in [0.25, 0.3) is 0 Å². The SMILES string of the molecule is CCCCCCCCCCCCCCCCCCCCCC(=O)OC[C@H](COC(=O)CCCCCCCCCCCCCCCCCCC(C)C)OC(=O)CCCCCCCCCCCCCCCCCCCCC(C)C. The van der Waals surface area contributed by atoms with E-state index < -0.39 is 6.10 Å². The predicted molar refractivity (Wildman–Crippen MR) is 335 cm³/mol. The van der Waals surface area contributed by atoms with Crippen molar-refractivity contribution in [2.45, 2.75) is 413 Å². The molecule has 6 heteroatoms. The number of unbranched alkanes of at least 4 members (excludes halogenated alkanes) is 50. The summed E-state index contributed by atoms with van der Waals surface area (Å²) in [6.07, 6.45) is 72.6. The molecule has 0 radical (unpaired) electrons. The van der Waals surface area contributed by atoms with Crippen LogP contribution in [0.5, 0.6) is 0 Å². The molecule has 0 aliphatic rings. The average molecular weight is 1090 g/mol. The van der Waals surface area contributed by atoms with Gasteiger partial charge in [-0.3, -0.25) is 14.4 Å². The minimum atomic E-state index is -0.765. The second-order valence-electron chi connectivity index (χ2n) is 25.5. The summed E-state index contributed by atoms with van der Waals surface area (Å²) < 4.78 is 17.0. The van der Waals surface area contributed by atoms with Crippen LogP contribution in [0.15, 0.2) is 0 Å². The Bertz CT molecular complexity index is 1180. The minimum absolute atomic E-state index is 0.0611. The molecule has 0 unspecified atom stereocenters. The molecular formula is C71H138O6. The van der Waals surface area contributed by atoms with Gasteiger partial charge in [-0.1, -0.05) is 369 Å². The zero-order valence-electron chi connectivity index (χ0n) is 53.1. The first kappa shape index (κ1) is 75.4. The molecule has 0 rings (SSSR count). The van der Waals surface area contributed by atoms with Gasteiger partial charge in [-0.2, -0.15) is 0 Å². The van der Waals surface area contributed by atoms with Crippen molar-refractivity contribution in [3.63, 3.8) is 0 Å². The molecule has 0 aliphatic carbocycles. The number of rotatable bonds is 65. The van der Waals surface area contributed by atoms with E-state index in [0.29, 0.717) is 19.3 Å². The summed E-state index contributed by atoms with van der Waals surface area (Å²) in [5.74, 6) is 0.888. The second-order valence-corrected chi connectivity index (χ2v) is 25.5. The van der Waals surface area contributed by atoms with E-state index in [2.05, 4.69) is 34.6 Å². The number of carbonyl (C=O) groups excluding carboxylic acids is 3. The van der Waals surface area contributed by atoms with Crippen LogP contribution in [0.4, 0.5) is 0 Å². The van der Waals surface area contributed by atoms with Crippen LogP contribution in [0.1, 0.15) is 407 Å². The molecule has 0 bridgehead atoms. The zero-order chi connectivity index (χ0) is 56.0. The van der Waals surface area contributed by atoms with Crippen LogP contribution < -0.4 is 0 Å². The van der Waals surface area contributed by atoms with Gasteiger partial charge >= 0.3 is 17.9 Å². The first-order valence-electron chi connectivity index (χ1n) is 35.2. The Hall–Kier alpha value is -1.59. The summed E-state index contributed by atoms with van der Waals surface area (Å²) >= 11 is 0. The Balaban J connectivity index is 4.28. The van der Waals surface area contributed by atoms with Crippen LogP contribution >= 0.6 is 0 Å². The van der Waals surface area contributed by atoms with Gasteiger partial charge in [0.2, 0.25) is 0 Å². The van der Waals surface area contributed by atoms with E-state index in [4.69, 9.17) is 14.2 Å². The van der Waals surface area contributed by atoms with Crippen LogP contribution in [0, 0.1) is 11.8 Å². The Morgan fingerprint density at radius 1 is 0.247 bits per heavy atom. The number of ether oxygens (including phenoxy) is 3. The van der Waals surface area contributed by atoms with Gasteiger partial charge in [0.05, 0.1) is 0 Å². The normalized spacial score (nSPS) is 12.0. The number of esters is 3. The monoisotopic (exact) mass is 1090 g/mol. The Morgan fingerprint density at radius 2 is 0.429 bits per heavy atom. The Morgan fingerprint density at radius 3 is 0.636 bits per heavy atom. The largest absolute Gasteiger partial charge is 0.462 e. The van der Waals surface area contributed by atoms with Crippen molar-refractivity contribution >= 4 is 17.9 Å². The fourth-order valence-electron chi connectivity index (χ4n) is 11.2. The highest BCUT2D eigenvalue weighted by atomic mass is 16.6. The molecule has 0 aromatic carbocycles.